The number of hydrogen-bond donors (Lipinski definition) is 0. The number of amides is 1. The van der Waals surface area contributed by atoms with Gasteiger partial charge in [0.2, 0.25) is 0 Å². The van der Waals surface area contributed by atoms with Gasteiger partial charge in [0.05, 0.1) is 25.8 Å². The van der Waals surface area contributed by atoms with Crippen LogP contribution in [0.3, 0.4) is 0 Å². The maximum Gasteiger partial charge on any atom is 0.257 e. The standard InChI is InChI=1S/C17H18FN3O3/c1-11-5-6-19-16(20-11)15-10-21(7-8-24-15)17(22)13-9-12(18)3-4-14(13)23-2/h3-6,9,15H,7-8,10H2,1-2H3. The van der Waals surface area contributed by atoms with Crippen LogP contribution in [0.5, 0.6) is 5.75 Å². The van der Waals surface area contributed by atoms with E-state index in [9.17, 15) is 9.18 Å². The second-order valence-corrected chi connectivity index (χ2v) is 5.51. The smallest absolute Gasteiger partial charge is 0.257 e. The molecule has 1 fully saturated rings. The number of carbonyl (C=O) groups excluding carboxylic acids is 1. The van der Waals surface area contributed by atoms with Crippen LogP contribution in [-0.2, 0) is 4.74 Å². The number of carbonyl (C=O) groups is 1. The van der Waals surface area contributed by atoms with Crippen molar-refractivity contribution in [3.63, 3.8) is 0 Å². The number of aromatic nitrogens is 2. The number of aryl methyl sites for hydroxylation is 1. The van der Waals surface area contributed by atoms with Gasteiger partial charge in [-0.3, -0.25) is 4.79 Å². The third-order valence-corrected chi connectivity index (χ3v) is 3.85. The summed E-state index contributed by atoms with van der Waals surface area (Å²) in [5.74, 6) is 0.105. The van der Waals surface area contributed by atoms with E-state index in [0.717, 1.165) is 5.69 Å². The molecule has 1 aliphatic heterocycles. The van der Waals surface area contributed by atoms with Crippen molar-refractivity contribution in [2.24, 2.45) is 0 Å². The largest absolute Gasteiger partial charge is 0.496 e. The molecule has 3 rings (SSSR count). The molecule has 0 saturated carbocycles. The number of rotatable bonds is 3. The predicted octanol–water partition coefficient (Wildman–Crippen LogP) is 2.15. The van der Waals surface area contributed by atoms with E-state index in [0.29, 0.717) is 31.3 Å². The first-order valence-electron chi connectivity index (χ1n) is 7.62. The minimum atomic E-state index is -0.481. The van der Waals surface area contributed by atoms with Gasteiger partial charge >= 0.3 is 0 Å². The highest BCUT2D eigenvalue weighted by atomic mass is 19.1. The summed E-state index contributed by atoms with van der Waals surface area (Å²) in [5.41, 5.74) is 1.03. The summed E-state index contributed by atoms with van der Waals surface area (Å²) in [6, 6.07) is 5.70. The van der Waals surface area contributed by atoms with Gasteiger partial charge in [0.1, 0.15) is 17.7 Å². The number of nitrogens with zero attached hydrogens (tertiary/aromatic N) is 3. The summed E-state index contributed by atoms with van der Waals surface area (Å²) in [7, 11) is 1.45. The van der Waals surface area contributed by atoms with Crippen LogP contribution >= 0.6 is 0 Å². The van der Waals surface area contributed by atoms with Crippen molar-refractivity contribution in [1.29, 1.82) is 0 Å². The molecule has 1 aromatic carbocycles. The summed E-state index contributed by atoms with van der Waals surface area (Å²) in [6.45, 7) is 2.96. The minimum Gasteiger partial charge on any atom is -0.496 e. The van der Waals surface area contributed by atoms with E-state index in [1.54, 1.807) is 17.2 Å². The Morgan fingerprint density at radius 2 is 2.25 bits per heavy atom. The Kier molecular flexibility index (Phi) is 4.71. The quantitative estimate of drug-likeness (QED) is 0.862. The van der Waals surface area contributed by atoms with Crippen LogP contribution in [0.15, 0.2) is 30.5 Å². The maximum absolute atomic E-state index is 13.5. The first-order chi connectivity index (χ1) is 11.6. The first-order valence-corrected chi connectivity index (χ1v) is 7.62. The van der Waals surface area contributed by atoms with Crippen LogP contribution < -0.4 is 4.74 Å². The van der Waals surface area contributed by atoms with Crippen LogP contribution in [0.4, 0.5) is 4.39 Å². The lowest BCUT2D eigenvalue weighted by molar-refractivity contribution is -0.0269. The molecule has 0 bridgehead atoms. The number of halogens is 1. The molecule has 2 heterocycles. The van der Waals surface area contributed by atoms with Crippen molar-refractivity contribution < 1.29 is 18.7 Å². The van der Waals surface area contributed by atoms with Gasteiger partial charge in [0.15, 0.2) is 5.82 Å². The molecule has 7 heteroatoms. The highest BCUT2D eigenvalue weighted by Crippen LogP contribution is 2.25. The van der Waals surface area contributed by atoms with Crippen molar-refractivity contribution in [3.05, 3.63) is 53.4 Å². The van der Waals surface area contributed by atoms with E-state index < -0.39 is 11.9 Å². The number of methoxy groups -OCH3 is 1. The fraction of sp³-hybridized carbons (Fsp3) is 0.353. The molecule has 1 aromatic heterocycles. The minimum absolute atomic E-state index is 0.198. The lowest BCUT2D eigenvalue weighted by Gasteiger charge is -2.32. The molecule has 1 saturated heterocycles. The normalized spacial score (nSPS) is 17.6. The monoisotopic (exact) mass is 331 g/mol. The molecule has 0 spiro atoms. The lowest BCUT2D eigenvalue weighted by atomic mass is 10.1. The van der Waals surface area contributed by atoms with Gasteiger partial charge in [-0.25, -0.2) is 14.4 Å². The zero-order valence-corrected chi connectivity index (χ0v) is 13.5. The molecule has 2 aromatic rings. The second-order valence-electron chi connectivity index (χ2n) is 5.51. The van der Waals surface area contributed by atoms with Crippen LogP contribution in [0.2, 0.25) is 0 Å². The zero-order chi connectivity index (χ0) is 17.1. The molecule has 1 aliphatic rings. The van der Waals surface area contributed by atoms with Crippen LogP contribution in [-0.4, -0.2) is 47.6 Å². The number of benzene rings is 1. The molecule has 6 nitrogen and oxygen atoms in total. The predicted molar refractivity (Wildman–Crippen MR) is 84.3 cm³/mol. The lowest BCUT2D eigenvalue weighted by Crippen LogP contribution is -2.42. The van der Waals surface area contributed by atoms with Crippen LogP contribution in [0.1, 0.15) is 28.0 Å². The van der Waals surface area contributed by atoms with Crippen molar-refractivity contribution in [1.82, 2.24) is 14.9 Å². The van der Waals surface area contributed by atoms with E-state index in [1.807, 2.05) is 6.92 Å². The molecule has 1 atom stereocenters. The van der Waals surface area contributed by atoms with E-state index in [4.69, 9.17) is 9.47 Å². The summed E-state index contributed by atoms with van der Waals surface area (Å²) >= 11 is 0. The van der Waals surface area contributed by atoms with E-state index in [1.165, 1.54) is 25.3 Å². The molecule has 1 amide bonds. The highest BCUT2D eigenvalue weighted by Gasteiger charge is 2.29. The highest BCUT2D eigenvalue weighted by molar-refractivity contribution is 5.97. The van der Waals surface area contributed by atoms with E-state index >= 15 is 0 Å². The fourth-order valence-corrected chi connectivity index (χ4v) is 2.63. The Bertz CT molecular complexity index is 754. The average Bonchev–Trinajstić information content (AvgIpc) is 2.61. The number of morpholine rings is 1. The summed E-state index contributed by atoms with van der Waals surface area (Å²) in [5, 5.41) is 0. The van der Waals surface area contributed by atoms with E-state index in [-0.39, 0.29) is 11.5 Å². The Morgan fingerprint density at radius 3 is 3.00 bits per heavy atom. The molecular weight excluding hydrogens is 313 g/mol. The Labute approximate surface area is 139 Å². The van der Waals surface area contributed by atoms with Crippen molar-refractivity contribution in [2.45, 2.75) is 13.0 Å². The maximum atomic E-state index is 13.5. The van der Waals surface area contributed by atoms with Gasteiger partial charge < -0.3 is 14.4 Å². The topological polar surface area (TPSA) is 64.5 Å². The third kappa shape index (κ3) is 3.35. The molecule has 0 N–H and O–H groups in total. The first kappa shape index (κ1) is 16.3. The Morgan fingerprint density at radius 1 is 1.42 bits per heavy atom. The average molecular weight is 331 g/mol. The van der Waals surface area contributed by atoms with Crippen LogP contribution in [0.25, 0.3) is 0 Å². The fourth-order valence-electron chi connectivity index (χ4n) is 2.63. The molecule has 24 heavy (non-hydrogen) atoms. The number of ether oxygens (including phenoxy) is 2. The summed E-state index contributed by atoms with van der Waals surface area (Å²) in [6.07, 6.45) is 1.26. The van der Waals surface area contributed by atoms with Gasteiger partial charge in [0, 0.05) is 18.4 Å². The molecular formula is C17H18FN3O3. The Balaban J connectivity index is 1.82. The summed E-state index contributed by atoms with van der Waals surface area (Å²) < 4.78 is 24.4. The zero-order valence-electron chi connectivity index (χ0n) is 13.5. The van der Waals surface area contributed by atoms with Crippen molar-refractivity contribution >= 4 is 5.91 Å². The Hall–Kier alpha value is -2.54. The van der Waals surface area contributed by atoms with Crippen LogP contribution in [0, 0.1) is 12.7 Å². The third-order valence-electron chi connectivity index (χ3n) is 3.85. The van der Waals surface area contributed by atoms with Crippen molar-refractivity contribution in [3.8, 4) is 5.75 Å². The van der Waals surface area contributed by atoms with Gasteiger partial charge in [-0.15, -0.1) is 0 Å². The van der Waals surface area contributed by atoms with Gasteiger partial charge in [0.25, 0.3) is 5.91 Å². The second kappa shape index (κ2) is 6.92. The van der Waals surface area contributed by atoms with E-state index in [2.05, 4.69) is 9.97 Å². The molecule has 0 aliphatic carbocycles. The SMILES string of the molecule is COc1ccc(F)cc1C(=O)N1CCOC(c2nccc(C)n2)C1. The van der Waals surface area contributed by atoms with Gasteiger partial charge in [-0.1, -0.05) is 0 Å². The molecule has 1 unspecified atom stereocenters. The molecule has 126 valence electrons. The molecule has 0 radical (unpaired) electrons. The van der Waals surface area contributed by atoms with Gasteiger partial charge in [-0.2, -0.15) is 0 Å². The number of hydrogen-bond acceptors (Lipinski definition) is 5. The van der Waals surface area contributed by atoms with Gasteiger partial charge in [-0.05, 0) is 31.2 Å². The van der Waals surface area contributed by atoms with Crippen molar-refractivity contribution in [2.75, 3.05) is 26.8 Å². The summed E-state index contributed by atoms with van der Waals surface area (Å²) in [4.78, 5) is 22.9.